The van der Waals surface area contributed by atoms with Crippen LogP contribution in [0.1, 0.15) is 24.4 Å². The molecule has 0 saturated carbocycles. The molecule has 1 aromatic carbocycles. The molecule has 0 aliphatic carbocycles. The van der Waals surface area contributed by atoms with Crippen LogP contribution in [-0.2, 0) is 9.59 Å². The summed E-state index contributed by atoms with van der Waals surface area (Å²) in [6.07, 6.45) is -4.87. The van der Waals surface area contributed by atoms with Crippen molar-refractivity contribution in [3.05, 3.63) is 35.9 Å². The van der Waals surface area contributed by atoms with Crippen molar-refractivity contribution in [1.29, 1.82) is 0 Å². The van der Waals surface area contributed by atoms with Crippen LogP contribution in [0.3, 0.4) is 0 Å². The molecule has 108 valence electrons. The lowest BCUT2D eigenvalue weighted by atomic mass is 10.0. The van der Waals surface area contributed by atoms with E-state index < -0.39 is 30.1 Å². The number of alkyl halides is 3. The molecule has 0 radical (unpaired) electrons. The van der Waals surface area contributed by atoms with Gasteiger partial charge in [-0.1, -0.05) is 30.3 Å². The van der Waals surface area contributed by atoms with E-state index in [1.54, 1.807) is 30.3 Å². The highest BCUT2D eigenvalue weighted by Crippen LogP contribution is 2.38. The molecule has 0 bridgehead atoms. The molecule has 1 saturated heterocycles. The van der Waals surface area contributed by atoms with Crippen molar-refractivity contribution in [3.63, 3.8) is 0 Å². The van der Waals surface area contributed by atoms with Gasteiger partial charge in [0.05, 0.1) is 6.04 Å². The summed E-state index contributed by atoms with van der Waals surface area (Å²) in [6.45, 7) is 0. The monoisotopic (exact) mass is 287 g/mol. The van der Waals surface area contributed by atoms with Crippen molar-refractivity contribution in [2.24, 2.45) is 0 Å². The molecule has 0 aromatic heterocycles. The fourth-order valence-electron chi connectivity index (χ4n) is 2.49. The number of likely N-dealkylation sites (tertiary alicyclic amines) is 1. The Morgan fingerprint density at radius 2 is 1.75 bits per heavy atom. The number of hydrogen-bond acceptors (Lipinski definition) is 2. The van der Waals surface area contributed by atoms with Crippen LogP contribution < -0.4 is 0 Å². The third-order valence-electron chi connectivity index (χ3n) is 3.33. The molecule has 1 aliphatic heterocycles. The summed E-state index contributed by atoms with van der Waals surface area (Å²) in [5.74, 6) is -3.52. The first-order chi connectivity index (χ1) is 9.32. The second kappa shape index (κ2) is 5.15. The van der Waals surface area contributed by atoms with E-state index in [9.17, 15) is 22.8 Å². The number of hydrogen-bond donors (Lipinski definition) is 1. The fourth-order valence-corrected chi connectivity index (χ4v) is 2.49. The molecule has 0 unspecified atom stereocenters. The summed E-state index contributed by atoms with van der Waals surface area (Å²) < 4.78 is 37.9. The maximum atomic E-state index is 12.6. The first-order valence-electron chi connectivity index (χ1n) is 5.99. The van der Waals surface area contributed by atoms with Gasteiger partial charge in [0.15, 0.2) is 0 Å². The Bertz CT molecular complexity index is 515. The Labute approximate surface area is 112 Å². The quantitative estimate of drug-likeness (QED) is 0.908. The van der Waals surface area contributed by atoms with Crippen molar-refractivity contribution in [2.75, 3.05) is 0 Å². The Morgan fingerprint density at radius 1 is 1.15 bits per heavy atom. The molecule has 1 N–H and O–H groups in total. The number of halogens is 3. The van der Waals surface area contributed by atoms with Crippen LogP contribution in [0.15, 0.2) is 30.3 Å². The van der Waals surface area contributed by atoms with Gasteiger partial charge >= 0.3 is 18.1 Å². The van der Waals surface area contributed by atoms with Gasteiger partial charge in [0.1, 0.15) is 6.04 Å². The Hall–Kier alpha value is -2.05. The van der Waals surface area contributed by atoms with E-state index in [1.165, 1.54) is 0 Å². The first kappa shape index (κ1) is 14.4. The number of carboxylic acids is 1. The van der Waals surface area contributed by atoms with Crippen LogP contribution in [0.5, 0.6) is 0 Å². The van der Waals surface area contributed by atoms with Gasteiger partial charge in [-0.05, 0) is 18.4 Å². The molecule has 1 amide bonds. The van der Waals surface area contributed by atoms with Gasteiger partial charge in [-0.3, -0.25) is 4.79 Å². The highest BCUT2D eigenvalue weighted by atomic mass is 19.4. The summed E-state index contributed by atoms with van der Waals surface area (Å²) in [7, 11) is 0. The van der Waals surface area contributed by atoms with Crippen molar-refractivity contribution in [3.8, 4) is 0 Å². The molecule has 1 aromatic rings. The zero-order valence-electron chi connectivity index (χ0n) is 10.3. The Balaban J connectivity index is 2.38. The summed E-state index contributed by atoms with van der Waals surface area (Å²) >= 11 is 0. The average molecular weight is 287 g/mol. The van der Waals surface area contributed by atoms with Crippen molar-refractivity contribution < 1.29 is 27.9 Å². The molecule has 20 heavy (non-hydrogen) atoms. The normalized spacial score (nSPS) is 22.9. The van der Waals surface area contributed by atoms with Crippen LogP contribution in [-0.4, -0.2) is 34.1 Å². The standard InChI is InChI=1S/C13H12F3NO3/c14-13(15,16)12(20)17-9(6-7-10(17)11(18)19)8-4-2-1-3-5-8/h1-5,9-10H,6-7H2,(H,18,19)/t9-,10-/m1/s1. The number of carbonyl (C=O) groups excluding carboxylic acids is 1. The van der Waals surface area contributed by atoms with Gasteiger partial charge in [-0.15, -0.1) is 0 Å². The van der Waals surface area contributed by atoms with Gasteiger partial charge < -0.3 is 10.0 Å². The molecule has 1 fully saturated rings. The molecule has 7 heteroatoms. The number of rotatable bonds is 2. The minimum atomic E-state index is -5.08. The maximum Gasteiger partial charge on any atom is 0.471 e. The number of amides is 1. The Kier molecular flexibility index (Phi) is 3.69. The highest BCUT2D eigenvalue weighted by molar-refractivity contribution is 5.88. The number of carbonyl (C=O) groups is 2. The van der Waals surface area contributed by atoms with Gasteiger partial charge in [0.25, 0.3) is 0 Å². The van der Waals surface area contributed by atoms with E-state index in [-0.39, 0.29) is 12.8 Å². The Morgan fingerprint density at radius 3 is 2.25 bits per heavy atom. The van der Waals surface area contributed by atoms with Crippen LogP contribution in [0, 0.1) is 0 Å². The number of benzene rings is 1. The minimum absolute atomic E-state index is 0.0106. The van der Waals surface area contributed by atoms with Crippen molar-refractivity contribution in [2.45, 2.75) is 31.1 Å². The van der Waals surface area contributed by atoms with E-state index in [0.29, 0.717) is 10.5 Å². The lowest BCUT2D eigenvalue weighted by molar-refractivity contribution is -0.190. The summed E-state index contributed by atoms with van der Waals surface area (Å²) in [6, 6.07) is 5.86. The van der Waals surface area contributed by atoms with Crippen molar-refractivity contribution in [1.82, 2.24) is 4.90 Å². The SMILES string of the molecule is O=C(O)[C@H]1CC[C@H](c2ccccc2)N1C(=O)C(F)(F)F. The molecule has 2 rings (SSSR count). The molecular formula is C13H12F3NO3. The van der Waals surface area contributed by atoms with Crippen LogP contribution in [0.2, 0.25) is 0 Å². The van der Waals surface area contributed by atoms with Crippen LogP contribution in [0.25, 0.3) is 0 Å². The lowest BCUT2D eigenvalue weighted by Gasteiger charge is -2.29. The maximum absolute atomic E-state index is 12.6. The molecule has 4 nitrogen and oxygen atoms in total. The van der Waals surface area contributed by atoms with Gasteiger partial charge in [-0.2, -0.15) is 13.2 Å². The van der Waals surface area contributed by atoms with Crippen molar-refractivity contribution >= 4 is 11.9 Å². The zero-order valence-corrected chi connectivity index (χ0v) is 10.3. The third-order valence-corrected chi connectivity index (χ3v) is 3.33. The molecule has 1 heterocycles. The number of nitrogens with zero attached hydrogens (tertiary/aromatic N) is 1. The fraction of sp³-hybridized carbons (Fsp3) is 0.385. The van der Waals surface area contributed by atoms with E-state index in [0.717, 1.165) is 0 Å². The smallest absolute Gasteiger partial charge is 0.471 e. The second-order valence-corrected chi connectivity index (χ2v) is 4.57. The highest BCUT2D eigenvalue weighted by Gasteiger charge is 2.51. The number of carboxylic acid groups (broad SMARTS) is 1. The predicted molar refractivity (Wildman–Crippen MR) is 62.7 cm³/mol. The average Bonchev–Trinajstić information content (AvgIpc) is 2.82. The van der Waals surface area contributed by atoms with Gasteiger partial charge in [-0.25, -0.2) is 4.79 Å². The zero-order chi connectivity index (χ0) is 14.9. The van der Waals surface area contributed by atoms with E-state index in [1.807, 2.05) is 0 Å². The third kappa shape index (κ3) is 2.61. The lowest BCUT2D eigenvalue weighted by Crippen LogP contribution is -2.47. The minimum Gasteiger partial charge on any atom is -0.480 e. The topological polar surface area (TPSA) is 57.6 Å². The molecule has 0 spiro atoms. The summed E-state index contributed by atoms with van der Waals surface area (Å²) in [4.78, 5) is 23.0. The van der Waals surface area contributed by atoms with E-state index in [2.05, 4.69) is 0 Å². The summed E-state index contributed by atoms with van der Waals surface area (Å²) in [5.41, 5.74) is 0.508. The summed E-state index contributed by atoms with van der Waals surface area (Å²) in [5, 5.41) is 9.00. The van der Waals surface area contributed by atoms with Gasteiger partial charge in [0, 0.05) is 0 Å². The first-order valence-corrected chi connectivity index (χ1v) is 5.99. The largest absolute Gasteiger partial charge is 0.480 e. The van der Waals surface area contributed by atoms with Gasteiger partial charge in [0.2, 0.25) is 0 Å². The van der Waals surface area contributed by atoms with Crippen LogP contribution >= 0.6 is 0 Å². The molecule has 1 aliphatic rings. The van der Waals surface area contributed by atoms with Crippen LogP contribution in [0.4, 0.5) is 13.2 Å². The second-order valence-electron chi connectivity index (χ2n) is 4.57. The predicted octanol–water partition coefficient (Wildman–Crippen LogP) is 2.37. The number of aliphatic carboxylic acids is 1. The van der Waals surface area contributed by atoms with E-state index >= 15 is 0 Å². The molecular weight excluding hydrogens is 275 g/mol. The molecule has 2 atom stereocenters. The van der Waals surface area contributed by atoms with E-state index in [4.69, 9.17) is 5.11 Å².